The van der Waals surface area contributed by atoms with E-state index in [1.54, 1.807) is 19.2 Å². The van der Waals surface area contributed by atoms with Crippen LogP contribution in [0.15, 0.2) is 42.5 Å². The monoisotopic (exact) mass is 277 g/mol. The second-order valence-corrected chi connectivity index (χ2v) is 4.66. The van der Waals surface area contributed by atoms with E-state index in [9.17, 15) is 5.11 Å². The molecule has 19 heavy (non-hydrogen) atoms. The van der Waals surface area contributed by atoms with Gasteiger partial charge in [-0.25, -0.2) is 0 Å². The average Bonchev–Trinajstić information content (AvgIpc) is 2.41. The molecule has 100 valence electrons. The molecule has 2 rings (SSSR count). The topological polar surface area (TPSA) is 41.5 Å². The van der Waals surface area contributed by atoms with Gasteiger partial charge >= 0.3 is 0 Å². The average molecular weight is 278 g/mol. The van der Waals surface area contributed by atoms with E-state index in [-0.39, 0.29) is 5.75 Å². The largest absolute Gasteiger partial charge is 0.508 e. The van der Waals surface area contributed by atoms with Crippen molar-refractivity contribution in [1.82, 2.24) is 5.32 Å². The van der Waals surface area contributed by atoms with Crippen molar-refractivity contribution in [2.75, 3.05) is 7.11 Å². The van der Waals surface area contributed by atoms with Gasteiger partial charge in [-0.05, 0) is 35.9 Å². The summed E-state index contributed by atoms with van der Waals surface area (Å²) in [5.74, 6) is 1.10. The van der Waals surface area contributed by atoms with Crippen LogP contribution >= 0.6 is 11.6 Å². The Labute approximate surface area is 117 Å². The summed E-state index contributed by atoms with van der Waals surface area (Å²) >= 11 is 5.98. The molecule has 0 fully saturated rings. The van der Waals surface area contributed by atoms with Gasteiger partial charge in [0.2, 0.25) is 0 Å². The Morgan fingerprint density at radius 2 is 1.84 bits per heavy atom. The Bertz CT molecular complexity index is 540. The zero-order chi connectivity index (χ0) is 13.7. The highest BCUT2D eigenvalue weighted by molar-refractivity contribution is 6.30. The first-order valence-electron chi connectivity index (χ1n) is 6.00. The van der Waals surface area contributed by atoms with Gasteiger partial charge in [0.1, 0.15) is 11.5 Å². The number of methoxy groups -OCH3 is 1. The van der Waals surface area contributed by atoms with Crippen LogP contribution in [0.3, 0.4) is 0 Å². The molecule has 0 atom stereocenters. The molecule has 0 aliphatic heterocycles. The number of halogens is 1. The molecular formula is C15H16ClNO2. The summed E-state index contributed by atoms with van der Waals surface area (Å²) in [6, 6.07) is 12.7. The maximum Gasteiger partial charge on any atom is 0.123 e. The molecule has 2 N–H and O–H groups in total. The fourth-order valence-electron chi connectivity index (χ4n) is 1.84. The van der Waals surface area contributed by atoms with Crippen molar-refractivity contribution in [1.29, 1.82) is 0 Å². The molecule has 4 heteroatoms. The summed E-state index contributed by atoms with van der Waals surface area (Å²) in [6.45, 7) is 1.39. The van der Waals surface area contributed by atoms with Gasteiger partial charge in [-0.3, -0.25) is 0 Å². The predicted molar refractivity (Wildman–Crippen MR) is 76.7 cm³/mol. The van der Waals surface area contributed by atoms with Crippen molar-refractivity contribution < 1.29 is 9.84 Å². The lowest BCUT2D eigenvalue weighted by Gasteiger charge is -2.10. The second kappa shape index (κ2) is 6.45. The van der Waals surface area contributed by atoms with Gasteiger partial charge in [-0.15, -0.1) is 0 Å². The molecule has 0 aromatic heterocycles. The number of nitrogens with one attached hydrogen (secondary N) is 1. The molecule has 0 heterocycles. The van der Waals surface area contributed by atoms with E-state index in [0.29, 0.717) is 11.6 Å². The van der Waals surface area contributed by atoms with Crippen molar-refractivity contribution >= 4 is 11.6 Å². The van der Waals surface area contributed by atoms with E-state index in [0.717, 1.165) is 23.4 Å². The molecule has 0 bridgehead atoms. The molecule has 0 spiro atoms. The number of hydrogen-bond acceptors (Lipinski definition) is 3. The first-order valence-corrected chi connectivity index (χ1v) is 6.38. The Morgan fingerprint density at radius 1 is 1.11 bits per heavy atom. The third-order valence-corrected chi connectivity index (χ3v) is 3.06. The van der Waals surface area contributed by atoms with Crippen LogP contribution in [-0.4, -0.2) is 12.2 Å². The lowest BCUT2D eigenvalue weighted by atomic mass is 10.2. The van der Waals surface area contributed by atoms with Gasteiger partial charge in [0.05, 0.1) is 7.11 Å². The van der Waals surface area contributed by atoms with Gasteiger partial charge in [0.25, 0.3) is 0 Å². The molecule has 0 amide bonds. The molecular weight excluding hydrogens is 262 g/mol. The number of benzene rings is 2. The number of phenols is 1. The molecule has 0 aliphatic rings. The van der Waals surface area contributed by atoms with Gasteiger partial charge in [0.15, 0.2) is 0 Å². The minimum Gasteiger partial charge on any atom is -0.508 e. The quantitative estimate of drug-likeness (QED) is 0.881. The fourth-order valence-corrected chi connectivity index (χ4v) is 2.04. The third-order valence-electron chi connectivity index (χ3n) is 2.82. The van der Waals surface area contributed by atoms with Gasteiger partial charge in [-0.2, -0.15) is 0 Å². The zero-order valence-electron chi connectivity index (χ0n) is 10.7. The molecule has 2 aromatic rings. The normalized spacial score (nSPS) is 10.4. The molecule has 0 unspecified atom stereocenters. The number of rotatable bonds is 5. The zero-order valence-corrected chi connectivity index (χ0v) is 11.4. The van der Waals surface area contributed by atoms with Crippen LogP contribution in [-0.2, 0) is 13.1 Å². The van der Waals surface area contributed by atoms with E-state index in [4.69, 9.17) is 16.3 Å². The van der Waals surface area contributed by atoms with Crippen molar-refractivity contribution in [3.63, 3.8) is 0 Å². The second-order valence-electron chi connectivity index (χ2n) is 4.23. The van der Waals surface area contributed by atoms with E-state index in [1.165, 1.54) is 0 Å². The van der Waals surface area contributed by atoms with E-state index < -0.39 is 0 Å². The summed E-state index contributed by atoms with van der Waals surface area (Å²) < 4.78 is 5.29. The SMILES string of the molecule is COc1ccc(Cl)cc1CNCc1ccc(O)cc1. The van der Waals surface area contributed by atoms with Crippen molar-refractivity contribution in [2.45, 2.75) is 13.1 Å². The number of aromatic hydroxyl groups is 1. The van der Waals surface area contributed by atoms with Crippen LogP contribution in [0.5, 0.6) is 11.5 Å². The minimum absolute atomic E-state index is 0.278. The fraction of sp³-hybridized carbons (Fsp3) is 0.200. The smallest absolute Gasteiger partial charge is 0.123 e. The van der Waals surface area contributed by atoms with Crippen LogP contribution in [0.2, 0.25) is 5.02 Å². The predicted octanol–water partition coefficient (Wildman–Crippen LogP) is 3.34. The van der Waals surface area contributed by atoms with Crippen molar-refractivity contribution in [2.24, 2.45) is 0 Å². The van der Waals surface area contributed by atoms with E-state index >= 15 is 0 Å². The first-order chi connectivity index (χ1) is 9.19. The van der Waals surface area contributed by atoms with Crippen LogP contribution in [0.25, 0.3) is 0 Å². The Kier molecular flexibility index (Phi) is 4.66. The summed E-state index contributed by atoms with van der Waals surface area (Å²) in [5, 5.41) is 13.2. The summed E-state index contributed by atoms with van der Waals surface area (Å²) in [7, 11) is 1.65. The maximum atomic E-state index is 9.21. The molecule has 3 nitrogen and oxygen atoms in total. The number of ether oxygens (including phenoxy) is 1. The molecule has 0 radical (unpaired) electrons. The third kappa shape index (κ3) is 3.88. The Balaban J connectivity index is 1.95. The Hall–Kier alpha value is -1.71. The van der Waals surface area contributed by atoms with E-state index in [1.807, 2.05) is 30.3 Å². The maximum absolute atomic E-state index is 9.21. The van der Waals surface area contributed by atoms with Crippen molar-refractivity contribution in [3.8, 4) is 11.5 Å². The molecule has 0 saturated carbocycles. The first kappa shape index (κ1) is 13.7. The highest BCUT2D eigenvalue weighted by atomic mass is 35.5. The van der Waals surface area contributed by atoms with Crippen LogP contribution < -0.4 is 10.1 Å². The van der Waals surface area contributed by atoms with Crippen LogP contribution in [0.1, 0.15) is 11.1 Å². The lowest BCUT2D eigenvalue weighted by molar-refractivity contribution is 0.407. The Morgan fingerprint density at radius 3 is 2.53 bits per heavy atom. The highest BCUT2D eigenvalue weighted by Gasteiger charge is 2.03. The number of phenolic OH excluding ortho intramolecular Hbond substituents is 1. The molecule has 0 saturated heterocycles. The molecule has 0 aliphatic carbocycles. The van der Waals surface area contributed by atoms with Crippen LogP contribution in [0, 0.1) is 0 Å². The summed E-state index contributed by atoms with van der Waals surface area (Å²) in [4.78, 5) is 0. The highest BCUT2D eigenvalue weighted by Crippen LogP contribution is 2.22. The summed E-state index contributed by atoms with van der Waals surface area (Å²) in [5.41, 5.74) is 2.13. The standard InChI is InChI=1S/C15H16ClNO2/c1-19-15-7-4-13(16)8-12(15)10-17-9-11-2-5-14(18)6-3-11/h2-8,17-18H,9-10H2,1H3. The number of hydrogen-bond donors (Lipinski definition) is 2. The lowest BCUT2D eigenvalue weighted by Crippen LogP contribution is -2.13. The van der Waals surface area contributed by atoms with E-state index in [2.05, 4.69) is 5.32 Å². The molecule has 2 aromatic carbocycles. The minimum atomic E-state index is 0.278. The summed E-state index contributed by atoms with van der Waals surface area (Å²) in [6.07, 6.45) is 0. The van der Waals surface area contributed by atoms with Gasteiger partial charge in [-0.1, -0.05) is 23.7 Å². The van der Waals surface area contributed by atoms with Gasteiger partial charge < -0.3 is 15.2 Å². The van der Waals surface area contributed by atoms with Crippen LogP contribution in [0.4, 0.5) is 0 Å². The van der Waals surface area contributed by atoms with Crippen molar-refractivity contribution in [3.05, 3.63) is 58.6 Å². The van der Waals surface area contributed by atoms with Gasteiger partial charge in [0, 0.05) is 23.7 Å².